The molecule has 1 saturated heterocycles. The van der Waals surface area contributed by atoms with Crippen molar-refractivity contribution in [2.75, 3.05) is 39.3 Å². The van der Waals surface area contributed by atoms with Crippen LogP contribution in [0.4, 0.5) is 0 Å². The SMILES string of the molecule is CCNC(=NCCCOC1CCN(Cc2ccccc2)CC1)NCCc1ccc(C)nc1.I. The molecular weight excluding hydrogens is 525 g/mol. The van der Waals surface area contributed by atoms with Gasteiger partial charge in [0.15, 0.2) is 5.96 Å². The molecule has 0 atom stereocenters. The van der Waals surface area contributed by atoms with E-state index in [0.717, 1.165) is 83.2 Å². The fourth-order valence-electron chi connectivity index (χ4n) is 3.89. The maximum absolute atomic E-state index is 6.13. The van der Waals surface area contributed by atoms with Crippen LogP contribution in [-0.2, 0) is 17.7 Å². The van der Waals surface area contributed by atoms with Gasteiger partial charge >= 0.3 is 0 Å². The van der Waals surface area contributed by atoms with Gasteiger partial charge < -0.3 is 15.4 Å². The van der Waals surface area contributed by atoms with Gasteiger partial charge in [-0.15, -0.1) is 24.0 Å². The Hall–Kier alpha value is -1.71. The van der Waals surface area contributed by atoms with E-state index in [1.165, 1.54) is 11.1 Å². The monoisotopic (exact) mass is 565 g/mol. The number of nitrogens with one attached hydrogen (secondary N) is 2. The molecule has 0 radical (unpaired) electrons. The quantitative estimate of drug-likeness (QED) is 0.185. The van der Waals surface area contributed by atoms with Crippen LogP contribution in [0.2, 0.25) is 0 Å². The molecule has 0 spiro atoms. The van der Waals surface area contributed by atoms with Crippen molar-refractivity contribution < 1.29 is 4.74 Å². The topological polar surface area (TPSA) is 61.8 Å². The van der Waals surface area contributed by atoms with Crippen LogP contribution in [0.15, 0.2) is 53.7 Å². The van der Waals surface area contributed by atoms with Crippen LogP contribution >= 0.6 is 24.0 Å². The zero-order chi connectivity index (χ0) is 22.4. The van der Waals surface area contributed by atoms with Crippen molar-refractivity contribution in [3.63, 3.8) is 0 Å². The van der Waals surface area contributed by atoms with Crippen molar-refractivity contribution in [1.29, 1.82) is 0 Å². The number of aliphatic imine (C=N–C) groups is 1. The van der Waals surface area contributed by atoms with Crippen LogP contribution in [-0.4, -0.2) is 61.3 Å². The molecule has 3 rings (SSSR count). The Kier molecular flexibility index (Phi) is 13.4. The summed E-state index contributed by atoms with van der Waals surface area (Å²) >= 11 is 0. The summed E-state index contributed by atoms with van der Waals surface area (Å²) in [6.07, 6.45) is 6.46. The lowest BCUT2D eigenvalue weighted by Crippen LogP contribution is -2.38. The van der Waals surface area contributed by atoms with Gasteiger partial charge in [0.25, 0.3) is 0 Å². The number of hydrogen-bond acceptors (Lipinski definition) is 4. The third-order valence-electron chi connectivity index (χ3n) is 5.73. The van der Waals surface area contributed by atoms with Crippen LogP contribution in [0, 0.1) is 6.92 Å². The highest BCUT2D eigenvalue weighted by Crippen LogP contribution is 2.16. The molecule has 0 bridgehead atoms. The van der Waals surface area contributed by atoms with E-state index in [0.29, 0.717) is 6.10 Å². The van der Waals surface area contributed by atoms with Gasteiger partial charge in [-0.25, -0.2) is 0 Å². The fourth-order valence-corrected chi connectivity index (χ4v) is 3.89. The lowest BCUT2D eigenvalue weighted by atomic mass is 10.1. The summed E-state index contributed by atoms with van der Waals surface area (Å²) in [6.45, 7) is 10.6. The minimum Gasteiger partial charge on any atom is -0.378 e. The largest absolute Gasteiger partial charge is 0.378 e. The highest BCUT2D eigenvalue weighted by atomic mass is 127. The second-order valence-corrected chi connectivity index (χ2v) is 8.43. The molecule has 7 heteroatoms. The predicted molar refractivity (Wildman–Crippen MR) is 147 cm³/mol. The third kappa shape index (κ3) is 10.8. The van der Waals surface area contributed by atoms with Gasteiger partial charge in [0.05, 0.1) is 6.10 Å². The van der Waals surface area contributed by atoms with Crippen molar-refractivity contribution >= 4 is 29.9 Å². The highest BCUT2D eigenvalue weighted by molar-refractivity contribution is 14.0. The number of ether oxygens (including phenoxy) is 1. The molecule has 0 amide bonds. The predicted octanol–water partition coefficient (Wildman–Crippen LogP) is 4.18. The number of hydrogen-bond donors (Lipinski definition) is 2. The Bertz CT molecular complexity index is 792. The molecule has 2 N–H and O–H groups in total. The average Bonchev–Trinajstić information content (AvgIpc) is 2.82. The third-order valence-corrected chi connectivity index (χ3v) is 5.73. The molecule has 1 fully saturated rings. The molecule has 6 nitrogen and oxygen atoms in total. The summed E-state index contributed by atoms with van der Waals surface area (Å²) in [5.74, 6) is 0.877. The van der Waals surface area contributed by atoms with E-state index in [4.69, 9.17) is 9.73 Å². The zero-order valence-corrected chi connectivity index (χ0v) is 22.5. The molecular formula is C26H40IN5O. The van der Waals surface area contributed by atoms with E-state index in [1.54, 1.807) is 0 Å². The van der Waals surface area contributed by atoms with E-state index >= 15 is 0 Å². The molecule has 0 saturated carbocycles. The Labute approximate surface area is 216 Å². The molecule has 2 heterocycles. The number of halogens is 1. The first-order valence-electron chi connectivity index (χ1n) is 12.0. The number of aryl methyl sites for hydroxylation is 1. The summed E-state index contributed by atoms with van der Waals surface area (Å²) in [4.78, 5) is 11.6. The first kappa shape index (κ1) is 27.5. The van der Waals surface area contributed by atoms with Crippen molar-refractivity contribution in [2.45, 2.75) is 52.2 Å². The molecule has 1 aliphatic rings. The molecule has 2 aromatic rings. The van der Waals surface area contributed by atoms with Gasteiger partial charge in [0, 0.05) is 57.8 Å². The maximum Gasteiger partial charge on any atom is 0.191 e. The molecule has 182 valence electrons. The summed E-state index contributed by atoms with van der Waals surface area (Å²) in [6, 6.07) is 14.9. The average molecular weight is 566 g/mol. The number of rotatable bonds is 11. The highest BCUT2D eigenvalue weighted by Gasteiger charge is 2.19. The first-order chi connectivity index (χ1) is 15.7. The van der Waals surface area contributed by atoms with E-state index in [9.17, 15) is 0 Å². The molecule has 33 heavy (non-hydrogen) atoms. The van der Waals surface area contributed by atoms with Gasteiger partial charge in [0.2, 0.25) is 0 Å². The van der Waals surface area contributed by atoms with Gasteiger partial charge in [-0.05, 0) is 56.7 Å². The van der Waals surface area contributed by atoms with E-state index in [2.05, 4.69) is 69.9 Å². The molecule has 1 aromatic heterocycles. The smallest absolute Gasteiger partial charge is 0.191 e. The van der Waals surface area contributed by atoms with E-state index in [1.807, 2.05) is 13.1 Å². The number of nitrogens with zero attached hydrogens (tertiary/aromatic N) is 3. The Morgan fingerprint density at radius 2 is 1.88 bits per heavy atom. The lowest BCUT2D eigenvalue weighted by Gasteiger charge is -2.31. The van der Waals surface area contributed by atoms with Gasteiger partial charge in [0.1, 0.15) is 0 Å². The molecule has 1 aliphatic heterocycles. The van der Waals surface area contributed by atoms with Crippen LogP contribution in [0.25, 0.3) is 0 Å². The number of benzene rings is 1. The van der Waals surface area contributed by atoms with Gasteiger partial charge in [-0.3, -0.25) is 14.9 Å². The summed E-state index contributed by atoms with van der Waals surface area (Å²) in [5, 5.41) is 6.73. The van der Waals surface area contributed by atoms with E-state index < -0.39 is 0 Å². The Balaban J connectivity index is 0.00000385. The lowest BCUT2D eigenvalue weighted by molar-refractivity contribution is 0.00566. The summed E-state index contributed by atoms with van der Waals surface area (Å²) in [5.41, 5.74) is 3.68. The maximum atomic E-state index is 6.13. The minimum absolute atomic E-state index is 0. The van der Waals surface area contributed by atoms with Crippen molar-refractivity contribution in [2.24, 2.45) is 4.99 Å². The number of pyridine rings is 1. The molecule has 1 aromatic carbocycles. The minimum atomic E-state index is 0. The first-order valence-corrected chi connectivity index (χ1v) is 12.0. The van der Waals surface area contributed by atoms with E-state index in [-0.39, 0.29) is 24.0 Å². The van der Waals surface area contributed by atoms with Crippen molar-refractivity contribution in [3.05, 3.63) is 65.5 Å². The standard InChI is InChI=1S/C26H39N5O.HI/c1-3-27-26(29-16-12-23-11-10-22(2)30-20-23)28-15-7-19-32-25-13-17-31(18-14-25)21-24-8-5-4-6-9-24;/h4-6,8-11,20,25H,3,7,12-19,21H2,1-2H3,(H2,27,28,29);1H. The number of piperidine rings is 1. The summed E-state index contributed by atoms with van der Waals surface area (Å²) in [7, 11) is 0. The fraction of sp³-hybridized carbons (Fsp3) is 0.538. The van der Waals surface area contributed by atoms with Gasteiger partial charge in [-0.1, -0.05) is 36.4 Å². The van der Waals surface area contributed by atoms with Crippen LogP contribution in [0.5, 0.6) is 0 Å². The second-order valence-electron chi connectivity index (χ2n) is 8.43. The zero-order valence-electron chi connectivity index (χ0n) is 20.1. The second kappa shape index (κ2) is 16.0. The van der Waals surface area contributed by atoms with Gasteiger partial charge in [-0.2, -0.15) is 0 Å². The summed E-state index contributed by atoms with van der Waals surface area (Å²) < 4.78 is 6.13. The molecule has 0 unspecified atom stereocenters. The van der Waals surface area contributed by atoms with Crippen molar-refractivity contribution in [1.82, 2.24) is 20.5 Å². The Morgan fingerprint density at radius 3 is 2.58 bits per heavy atom. The normalized spacial score (nSPS) is 15.2. The number of likely N-dealkylation sites (tertiary alicyclic amines) is 1. The number of aromatic nitrogens is 1. The van der Waals surface area contributed by atoms with Crippen LogP contribution in [0.3, 0.4) is 0 Å². The van der Waals surface area contributed by atoms with Crippen LogP contribution < -0.4 is 10.6 Å². The van der Waals surface area contributed by atoms with Crippen molar-refractivity contribution in [3.8, 4) is 0 Å². The Morgan fingerprint density at radius 1 is 1.09 bits per heavy atom. The van der Waals surface area contributed by atoms with Crippen LogP contribution in [0.1, 0.15) is 43.0 Å². The molecule has 0 aliphatic carbocycles. The number of guanidine groups is 1.